The summed E-state index contributed by atoms with van der Waals surface area (Å²) in [5, 5.41) is 6.43. The van der Waals surface area contributed by atoms with E-state index in [1.165, 1.54) is 29.1 Å². The number of aromatic nitrogens is 2. The SMILES string of the molecule is CN1C(=O)C(c2c(F)cccc2F)N(C)c2nc(Nc3ccc(S(=O)NCC4CCNCC4)cc3)ncc21. The summed E-state index contributed by atoms with van der Waals surface area (Å²) in [5.41, 5.74) is 0.758. The molecule has 2 unspecified atom stereocenters. The second-order valence-electron chi connectivity index (χ2n) is 9.41. The van der Waals surface area contributed by atoms with Gasteiger partial charge in [0.05, 0.1) is 16.7 Å². The van der Waals surface area contributed by atoms with Crippen LogP contribution in [-0.2, 0) is 15.8 Å². The van der Waals surface area contributed by atoms with Crippen LogP contribution in [0.15, 0.2) is 53.6 Å². The first-order valence-electron chi connectivity index (χ1n) is 12.4. The third-order valence-electron chi connectivity index (χ3n) is 6.96. The molecule has 5 rings (SSSR count). The van der Waals surface area contributed by atoms with E-state index < -0.39 is 34.6 Å². The van der Waals surface area contributed by atoms with Gasteiger partial charge < -0.3 is 20.4 Å². The number of nitrogens with one attached hydrogen (secondary N) is 3. The Bertz CT molecular complexity index is 1330. The van der Waals surface area contributed by atoms with E-state index in [1.807, 2.05) is 0 Å². The lowest BCUT2D eigenvalue weighted by Crippen LogP contribution is -2.46. The number of piperidine rings is 1. The van der Waals surface area contributed by atoms with E-state index in [0.29, 0.717) is 34.6 Å². The average Bonchev–Trinajstić information content (AvgIpc) is 2.93. The largest absolute Gasteiger partial charge is 0.342 e. The number of likely N-dealkylation sites (N-methyl/N-ethyl adjacent to an activating group) is 2. The minimum atomic E-state index is -1.31. The zero-order chi connectivity index (χ0) is 26.8. The van der Waals surface area contributed by atoms with Crippen molar-refractivity contribution in [1.82, 2.24) is 20.0 Å². The van der Waals surface area contributed by atoms with Gasteiger partial charge >= 0.3 is 0 Å². The fourth-order valence-corrected chi connectivity index (χ4v) is 5.69. The van der Waals surface area contributed by atoms with Crippen molar-refractivity contribution >= 4 is 40.0 Å². The predicted molar refractivity (Wildman–Crippen MR) is 143 cm³/mol. The molecule has 3 aromatic rings. The van der Waals surface area contributed by atoms with Crippen LogP contribution >= 0.6 is 0 Å². The molecule has 0 radical (unpaired) electrons. The summed E-state index contributed by atoms with van der Waals surface area (Å²) in [5.74, 6) is -1.000. The van der Waals surface area contributed by atoms with Crippen LogP contribution in [0, 0.1) is 17.6 Å². The molecule has 2 aliphatic heterocycles. The van der Waals surface area contributed by atoms with Gasteiger partial charge in [0.15, 0.2) is 5.82 Å². The van der Waals surface area contributed by atoms with Crippen molar-refractivity contribution in [2.75, 3.05) is 48.8 Å². The molecular formula is C26H29F2N7O2S. The molecule has 1 amide bonds. The molecule has 2 aliphatic rings. The van der Waals surface area contributed by atoms with Crippen molar-refractivity contribution < 1.29 is 17.8 Å². The van der Waals surface area contributed by atoms with Crippen LogP contribution in [0.5, 0.6) is 0 Å². The Kier molecular flexibility index (Phi) is 7.63. The fourth-order valence-electron chi connectivity index (χ4n) is 4.76. The molecule has 1 aromatic heterocycles. The van der Waals surface area contributed by atoms with Gasteiger partial charge in [0, 0.05) is 26.3 Å². The molecule has 0 bridgehead atoms. The Labute approximate surface area is 222 Å². The smallest absolute Gasteiger partial charge is 0.254 e. The quantitative estimate of drug-likeness (QED) is 0.422. The van der Waals surface area contributed by atoms with Gasteiger partial charge in [-0.3, -0.25) is 4.79 Å². The van der Waals surface area contributed by atoms with Crippen molar-refractivity contribution in [2.24, 2.45) is 5.92 Å². The van der Waals surface area contributed by atoms with Gasteiger partial charge in [0.25, 0.3) is 5.91 Å². The molecule has 3 heterocycles. The second-order valence-corrected chi connectivity index (χ2v) is 10.7. The number of rotatable bonds is 7. The van der Waals surface area contributed by atoms with Gasteiger partial charge in [0.1, 0.15) is 34.3 Å². The maximum Gasteiger partial charge on any atom is 0.254 e. The third-order valence-corrected chi connectivity index (χ3v) is 8.09. The lowest BCUT2D eigenvalue weighted by atomic mass is 9.99. The monoisotopic (exact) mass is 541 g/mol. The van der Waals surface area contributed by atoms with Crippen LogP contribution in [0.4, 0.5) is 31.9 Å². The molecular weight excluding hydrogens is 512 g/mol. The Morgan fingerprint density at radius 3 is 2.45 bits per heavy atom. The first kappa shape index (κ1) is 26.1. The van der Waals surface area contributed by atoms with Crippen molar-refractivity contribution in [3.63, 3.8) is 0 Å². The summed E-state index contributed by atoms with van der Waals surface area (Å²) < 4.78 is 44.9. The molecule has 200 valence electrons. The summed E-state index contributed by atoms with van der Waals surface area (Å²) >= 11 is 0. The number of hydrogen-bond donors (Lipinski definition) is 3. The van der Waals surface area contributed by atoms with E-state index in [-0.39, 0.29) is 11.5 Å². The number of anilines is 4. The molecule has 2 atom stereocenters. The number of nitrogens with zero attached hydrogens (tertiary/aromatic N) is 4. The molecule has 9 nitrogen and oxygen atoms in total. The summed E-state index contributed by atoms with van der Waals surface area (Å²) in [7, 11) is 1.77. The Hall–Kier alpha value is -3.48. The Morgan fingerprint density at radius 1 is 1.08 bits per heavy atom. The highest BCUT2D eigenvalue weighted by Crippen LogP contribution is 2.40. The van der Waals surface area contributed by atoms with E-state index in [0.717, 1.165) is 38.1 Å². The number of halogens is 2. The Morgan fingerprint density at radius 2 is 1.76 bits per heavy atom. The predicted octanol–water partition coefficient (Wildman–Crippen LogP) is 3.26. The van der Waals surface area contributed by atoms with Crippen LogP contribution in [0.1, 0.15) is 24.4 Å². The maximum atomic E-state index is 14.6. The molecule has 1 saturated heterocycles. The van der Waals surface area contributed by atoms with Crippen LogP contribution in [0.25, 0.3) is 0 Å². The van der Waals surface area contributed by atoms with Gasteiger partial charge in [-0.1, -0.05) is 6.07 Å². The standard InChI is InChI=1S/C26H29F2N7O2S/c1-34-21-15-30-26(33-24(21)35(2)23(25(34)36)22-19(27)4-3-5-20(22)28)32-17-6-8-18(9-7-17)38(37)31-14-16-10-12-29-13-11-16/h3-9,15-16,23,29,31H,10-14H2,1-2H3,(H,30,32,33). The molecule has 2 aromatic carbocycles. The first-order valence-corrected chi connectivity index (χ1v) is 13.5. The van der Waals surface area contributed by atoms with E-state index in [1.54, 1.807) is 31.3 Å². The van der Waals surface area contributed by atoms with Crippen LogP contribution in [0.3, 0.4) is 0 Å². The summed E-state index contributed by atoms with van der Waals surface area (Å²) in [6.07, 6.45) is 3.63. The molecule has 0 spiro atoms. The van der Waals surface area contributed by atoms with E-state index >= 15 is 0 Å². The lowest BCUT2D eigenvalue weighted by Gasteiger charge is -2.38. The zero-order valence-electron chi connectivity index (χ0n) is 21.1. The molecule has 38 heavy (non-hydrogen) atoms. The van der Waals surface area contributed by atoms with Gasteiger partial charge in [-0.15, -0.1) is 0 Å². The van der Waals surface area contributed by atoms with Crippen LogP contribution in [-0.4, -0.2) is 53.8 Å². The Balaban J connectivity index is 1.31. The minimum absolute atomic E-state index is 0.240. The summed E-state index contributed by atoms with van der Waals surface area (Å²) in [6.45, 7) is 2.69. The van der Waals surface area contributed by atoms with Gasteiger partial charge in [-0.2, -0.15) is 4.98 Å². The average molecular weight is 542 g/mol. The number of carbonyl (C=O) groups excluding carboxylic acids is 1. The molecule has 12 heteroatoms. The molecule has 0 aliphatic carbocycles. The summed E-state index contributed by atoms with van der Waals surface area (Å²) in [6, 6.07) is 9.38. The van der Waals surface area contributed by atoms with Crippen LogP contribution in [0.2, 0.25) is 0 Å². The maximum absolute atomic E-state index is 14.6. The van der Waals surface area contributed by atoms with Crippen molar-refractivity contribution in [3.8, 4) is 0 Å². The van der Waals surface area contributed by atoms with Crippen molar-refractivity contribution in [2.45, 2.75) is 23.8 Å². The second kappa shape index (κ2) is 11.1. The highest BCUT2D eigenvalue weighted by Gasteiger charge is 2.40. The highest BCUT2D eigenvalue weighted by molar-refractivity contribution is 7.83. The molecule has 3 N–H and O–H groups in total. The molecule has 0 saturated carbocycles. The zero-order valence-corrected chi connectivity index (χ0v) is 21.9. The lowest BCUT2D eigenvalue weighted by molar-refractivity contribution is -0.120. The van der Waals surface area contributed by atoms with Crippen LogP contribution < -0.4 is 25.2 Å². The van der Waals surface area contributed by atoms with Gasteiger partial charge in [-0.25, -0.2) is 22.7 Å². The number of carbonyl (C=O) groups is 1. The topological polar surface area (TPSA) is 102 Å². The van der Waals surface area contributed by atoms with E-state index in [9.17, 15) is 17.8 Å². The number of hydrogen-bond acceptors (Lipinski definition) is 7. The number of amides is 1. The number of benzene rings is 2. The molecule has 1 fully saturated rings. The minimum Gasteiger partial charge on any atom is -0.342 e. The normalized spacial score (nSPS) is 18.8. The third kappa shape index (κ3) is 5.24. The van der Waals surface area contributed by atoms with E-state index in [2.05, 4.69) is 25.3 Å². The summed E-state index contributed by atoms with van der Waals surface area (Å²) in [4.78, 5) is 25.3. The van der Waals surface area contributed by atoms with E-state index in [4.69, 9.17) is 0 Å². The van der Waals surface area contributed by atoms with Crippen molar-refractivity contribution in [3.05, 3.63) is 65.9 Å². The van der Waals surface area contributed by atoms with Gasteiger partial charge in [-0.05, 0) is 68.2 Å². The van der Waals surface area contributed by atoms with Crippen molar-refractivity contribution in [1.29, 1.82) is 0 Å². The number of fused-ring (bicyclic) bond motifs is 1. The first-order chi connectivity index (χ1) is 18.3. The fraction of sp³-hybridized carbons (Fsp3) is 0.346. The van der Waals surface area contributed by atoms with Gasteiger partial charge in [0.2, 0.25) is 5.95 Å². The highest BCUT2D eigenvalue weighted by atomic mass is 32.2.